The molecule has 124 valence electrons. The maximum Gasteiger partial charge on any atom is 0.216 e. The number of benzene rings is 1. The number of hydrogen-bond donors (Lipinski definition) is 1. The molecule has 0 saturated carbocycles. The average molecular weight is 357 g/mol. The predicted octanol–water partition coefficient (Wildman–Crippen LogP) is 5.16. The second kappa shape index (κ2) is 6.45. The second-order valence-electron chi connectivity index (χ2n) is 6.70. The van der Waals surface area contributed by atoms with Crippen LogP contribution in [0.25, 0.3) is 11.4 Å². The highest BCUT2D eigenvalue weighted by Crippen LogP contribution is 2.25. The van der Waals surface area contributed by atoms with Crippen molar-refractivity contribution < 1.29 is 0 Å². The van der Waals surface area contributed by atoms with Crippen molar-refractivity contribution in [1.29, 1.82) is 0 Å². The summed E-state index contributed by atoms with van der Waals surface area (Å²) in [5, 5.41) is 13.7. The van der Waals surface area contributed by atoms with Crippen LogP contribution in [-0.4, -0.2) is 21.1 Å². The Hall–Kier alpha value is -2.05. The van der Waals surface area contributed by atoms with Gasteiger partial charge in [-0.3, -0.25) is 0 Å². The van der Waals surface area contributed by atoms with Crippen LogP contribution >= 0.6 is 23.6 Å². The normalized spacial score (nSPS) is 12.2. The molecule has 0 spiro atoms. The van der Waals surface area contributed by atoms with Crippen molar-refractivity contribution in [3.63, 3.8) is 0 Å². The van der Waals surface area contributed by atoms with Crippen molar-refractivity contribution in [1.82, 2.24) is 14.9 Å². The minimum Gasteiger partial charge on any atom is -0.250 e. The number of aryl methyl sites for hydroxylation is 1. The van der Waals surface area contributed by atoms with Crippen LogP contribution in [0.15, 0.2) is 40.8 Å². The molecule has 0 aliphatic heterocycles. The van der Waals surface area contributed by atoms with E-state index < -0.39 is 0 Å². The van der Waals surface area contributed by atoms with E-state index in [2.05, 4.69) is 78.7 Å². The third-order valence-corrected chi connectivity index (χ3v) is 5.07. The van der Waals surface area contributed by atoms with Gasteiger partial charge < -0.3 is 0 Å². The van der Waals surface area contributed by atoms with E-state index in [9.17, 15) is 0 Å². The molecule has 0 aliphatic rings. The fraction of sp³-hybridized carbons (Fsp3) is 0.278. The van der Waals surface area contributed by atoms with E-state index in [1.54, 1.807) is 16.0 Å². The van der Waals surface area contributed by atoms with Crippen molar-refractivity contribution in [3.8, 4) is 11.4 Å². The summed E-state index contributed by atoms with van der Waals surface area (Å²) in [4.78, 5) is 1.12. The molecule has 24 heavy (non-hydrogen) atoms. The second-order valence-corrected chi connectivity index (χ2v) is 8.04. The molecule has 0 radical (unpaired) electrons. The summed E-state index contributed by atoms with van der Waals surface area (Å²) >= 11 is 6.98. The Morgan fingerprint density at radius 2 is 1.92 bits per heavy atom. The highest BCUT2D eigenvalue weighted by Gasteiger charge is 2.14. The Bertz CT molecular complexity index is 921. The van der Waals surface area contributed by atoms with Crippen LogP contribution in [0.2, 0.25) is 0 Å². The largest absolute Gasteiger partial charge is 0.250 e. The van der Waals surface area contributed by atoms with Gasteiger partial charge in [0.25, 0.3) is 0 Å². The number of nitrogens with one attached hydrogen (secondary N) is 1. The quantitative estimate of drug-likeness (QED) is 0.520. The Morgan fingerprint density at radius 1 is 1.21 bits per heavy atom. The van der Waals surface area contributed by atoms with Crippen LogP contribution in [0, 0.1) is 11.7 Å². The zero-order valence-electron chi connectivity index (χ0n) is 14.2. The van der Waals surface area contributed by atoms with E-state index in [1.807, 2.05) is 6.21 Å². The first-order valence-corrected chi connectivity index (χ1v) is 9.02. The van der Waals surface area contributed by atoms with Gasteiger partial charge in [-0.05, 0) is 47.1 Å². The Kier molecular flexibility index (Phi) is 4.51. The van der Waals surface area contributed by atoms with Crippen LogP contribution in [0.5, 0.6) is 0 Å². The zero-order chi connectivity index (χ0) is 17.3. The van der Waals surface area contributed by atoms with E-state index in [0.717, 1.165) is 10.4 Å². The maximum absolute atomic E-state index is 5.32. The lowest BCUT2D eigenvalue weighted by atomic mass is 9.87. The van der Waals surface area contributed by atoms with Gasteiger partial charge in [0, 0.05) is 5.56 Å². The smallest absolute Gasteiger partial charge is 0.216 e. The minimum absolute atomic E-state index is 0.123. The Labute approximate surface area is 150 Å². The summed E-state index contributed by atoms with van der Waals surface area (Å²) in [5.74, 6) is 0.714. The molecule has 0 aliphatic carbocycles. The van der Waals surface area contributed by atoms with Crippen LogP contribution in [0.1, 0.15) is 36.8 Å². The molecule has 0 saturated heterocycles. The monoisotopic (exact) mass is 356 g/mol. The number of aromatic amines is 1. The van der Waals surface area contributed by atoms with Crippen LogP contribution in [0.4, 0.5) is 0 Å². The first kappa shape index (κ1) is 16.8. The molecule has 0 unspecified atom stereocenters. The summed E-state index contributed by atoms with van der Waals surface area (Å²) in [6.07, 6.45) is 1.83. The number of thiophene rings is 1. The molecule has 3 rings (SSSR count). The summed E-state index contributed by atoms with van der Waals surface area (Å²) in [6.45, 7) is 8.67. The molecule has 4 nitrogen and oxygen atoms in total. The van der Waals surface area contributed by atoms with Gasteiger partial charge in [-0.1, -0.05) is 45.0 Å². The van der Waals surface area contributed by atoms with Gasteiger partial charge >= 0.3 is 0 Å². The molecule has 1 aromatic carbocycles. The standard InChI is InChI=1S/C18H20N4S2/c1-12-9-10-24-15(12)11-19-22-16(20-21-17(22)23)13-5-7-14(8-6-13)18(2,3)4/h5-11H,1-4H3,(H,21,23)/b19-11+. The molecule has 2 aromatic heterocycles. The van der Waals surface area contributed by atoms with E-state index in [-0.39, 0.29) is 5.41 Å². The summed E-state index contributed by atoms with van der Waals surface area (Å²) < 4.78 is 2.15. The van der Waals surface area contributed by atoms with E-state index >= 15 is 0 Å². The van der Waals surface area contributed by atoms with Crippen molar-refractivity contribution in [2.75, 3.05) is 0 Å². The van der Waals surface area contributed by atoms with Gasteiger partial charge in [0.15, 0.2) is 5.82 Å². The van der Waals surface area contributed by atoms with E-state index in [4.69, 9.17) is 12.2 Å². The lowest BCUT2D eigenvalue weighted by Gasteiger charge is -2.18. The molecule has 3 aromatic rings. The predicted molar refractivity (Wildman–Crippen MR) is 104 cm³/mol. The van der Waals surface area contributed by atoms with Crippen molar-refractivity contribution in [2.45, 2.75) is 33.1 Å². The SMILES string of the molecule is Cc1ccsc1/C=N/n1c(-c2ccc(C(C)(C)C)cc2)n[nH]c1=S. The van der Waals surface area contributed by atoms with Crippen LogP contribution < -0.4 is 0 Å². The maximum atomic E-state index is 5.32. The summed E-state index contributed by atoms with van der Waals surface area (Å²) in [5.41, 5.74) is 3.59. The molecule has 6 heteroatoms. The Morgan fingerprint density at radius 3 is 2.50 bits per heavy atom. The number of rotatable bonds is 3. The average Bonchev–Trinajstić information content (AvgIpc) is 3.10. The molecular weight excluding hydrogens is 336 g/mol. The topological polar surface area (TPSA) is 46.0 Å². The third kappa shape index (κ3) is 3.39. The number of nitrogens with zero attached hydrogens (tertiary/aromatic N) is 3. The first-order valence-electron chi connectivity index (χ1n) is 7.73. The molecule has 0 bridgehead atoms. The molecule has 0 amide bonds. The van der Waals surface area contributed by atoms with Crippen molar-refractivity contribution in [3.05, 3.63) is 56.5 Å². The molecular formula is C18H20N4S2. The van der Waals surface area contributed by atoms with Gasteiger partial charge in [0.2, 0.25) is 4.77 Å². The minimum atomic E-state index is 0.123. The van der Waals surface area contributed by atoms with E-state index in [1.165, 1.54) is 11.1 Å². The molecule has 1 N–H and O–H groups in total. The number of hydrogen-bond acceptors (Lipinski definition) is 4. The van der Waals surface area contributed by atoms with Crippen LogP contribution in [0.3, 0.4) is 0 Å². The number of H-pyrrole nitrogens is 1. The number of aromatic nitrogens is 3. The lowest BCUT2D eigenvalue weighted by Crippen LogP contribution is -2.10. The first-order chi connectivity index (χ1) is 11.4. The van der Waals surface area contributed by atoms with Crippen molar-refractivity contribution >= 4 is 29.8 Å². The van der Waals surface area contributed by atoms with Gasteiger partial charge in [0.05, 0.1) is 11.1 Å². The molecule has 2 heterocycles. The third-order valence-electron chi connectivity index (χ3n) is 3.85. The van der Waals surface area contributed by atoms with Gasteiger partial charge in [-0.15, -0.1) is 11.3 Å². The van der Waals surface area contributed by atoms with Gasteiger partial charge in [0.1, 0.15) is 0 Å². The van der Waals surface area contributed by atoms with Gasteiger partial charge in [-0.25, -0.2) is 5.10 Å². The molecule has 0 atom stereocenters. The summed E-state index contributed by atoms with van der Waals surface area (Å²) in [7, 11) is 0. The zero-order valence-corrected chi connectivity index (χ0v) is 15.8. The van der Waals surface area contributed by atoms with Crippen molar-refractivity contribution in [2.24, 2.45) is 5.10 Å². The lowest BCUT2D eigenvalue weighted by molar-refractivity contribution is 0.590. The Balaban J connectivity index is 1.97. The summed E-state index contributed by atoms with van der Waals surface area (Å²) in [6, 6.07) is 10.5. The molecule has 0 fully saturated rings. The van der Waals surface area contributed by atoms with E-state index in [0.29, 0.717) is 10.6 Å². The van der Waals surface area contributed by atoms with Gasteiger partial charge in [-0.2, -0.15) is 14.9 Å². The highest BCUT2D eigenvalue weighted by atomic mass is 32.1. The fourth-order valence-electron chi connectivity index (χ4n) is 2.33. The highest BCUT2D eigenvalue weighted by molar-refractivity contribution is 7.71. The fourth-order valence-corrected chi connectivity index (χ4v) is 3.29. The van der Waals surface area contributed by atoms with Crippen LogP contribution in [-0.2, 0) is 5.41 Å².